The number of aromatic nitrogens is 2. The van der Waals surface area contributed by atoms with Crippen LogP contribution in [0.5, 0.6) is 5.75 Å². The summed E-state index contributed by atoms with van der Waals surface area (Å²) in [5.41, 5.74) is 1.20. The number of methoxy groups -OCH3 is 1. The summed E-state index contributed by atoms with van der Waals surface area (Å²) in [6.45, 7) is 1.62. The van der Waals surface area contributed by atoms with Gasteiger partial charge < -0.3 is 4.74 Å². The number of hydrogen-bond donors (Lipinski definition) is 0. The van der Waals surface area contributed by atoms with E-state index in [0.717, 1.165) is 0 Å². The van der Waals surface area contributed by atoms with Crippen LogP contribution in [0.3, 0.4) is 0 Å². The van der Waals surface area contributed by atoms with E-state index in [-0.39, 0.29) is 11.6 Å². The number of ether oxygens (including phenoxy) is 1. The van der Waals surface area contributed by atoms with E-state index < -0.39 is 0 Å². The minimum absolute atomic E-state index is 0.241. The van der Waals surface area contributed by atoms with Gasteiger partial charge in [0.25, 0.3) is 0 Å². The molecule has 0 radical (unpaired) electrons. The second kappa shape index (κ2) is 4.60. The first kappa shape index (κ1) is 12.3. The Morgan fingerprint density at radius 3 is 2.78 bits per heavy atom. The molecule has 0 fully saturated rings. The number of benzene rings is 1. The zero-order valence-electron chi connectivity index (χ0n) is 10.4. The van der Waals surface area contributed by atoms with Crippen LogP contribution in [0, 0.1) is 12.7 Å². The second-order valence-electron chi connectivity index (χ2n) is 3.98. The number of carbonyl (C=O) groups excluding carboxylic acids is 1. The van der Waals surface area contributed by atoms with Crippen molar-refractivity contribution >= 4 is 5.78 Å². The van der Waals surface area contributed by atoms with Gasteiger partial charge in [-0.25, -0.2) is 4.39 Å². The topological polar surface area (TPSA) is 44.1 Å². The molecule has 0 spiro atoms. The fourth-order valence-electron chi connectivity index (χ4n) is 1.75. The molecule has 1 heterocycles. The maximum absolute atomic E-state index is 13.2. The molecule has 2 rings (SSSR count). The summed E-state index contributed by atoms with van der Waals surface area (Å²) < 4.78 is 19.7. The summed E-state index contributed by atoms with van der Waals surface area (Å²) in [5.74, 6) is -0.164. The molecule has 4 nitrogen and oxygen atoms in total. The van der Waals surface area contributed by atoms with Gasteiger partial charge in [-0.15, -0.1) is 0 Å². The number of aryl methyl sites for hydroxylation is 2. The van der Waals surface area contributed by atoms with Crippen LogP contribution in [-0.4, -0.2) is 22.7 Å². The van der Waals surface area contributed by atoms with Crippen LogP contribution in [-0.2, 0) is 7.05 Å². The second-order valence-corrected chi connectivity index (χ2v) is 3.98. The number of halogens is 1. The SMILES string of the molecule is COc1cnn(C)c1C(=O)c1ccc(F)c(C)c1. The lowest BCUT2D eigenvalue weighted by atomic mass is 10.0. The number of carbonyl (C=O) groups is 1. The van der Waals surface area contributed by atoms with Crippen LogP contribution >= 0.6 is 0 Å². The normalized spacial score (nSPS) is 10.4. The molecule has 1 aromatic carbocycles. The van der Waals surface area contributed by atoms with Gasteiger partial charge in [0.05, 0.1) is 13.3 Å². The molecule has 2 aromatic rings. The highest BCUT2D eigenvalue weighted by Crippen LogP contribution is 2.21. The van der Waals surface area contributed by atoms with Crippen molar-refractivity contribution in [2.24, 2.45) is 7.05 Å². The lowest BCUT2D eigenvalue weighted by molar-refractivity contribution is 0.102. The van der Waals surface area contributed by atoms with Crippen molar-refractivity contribution in [1.29, 1.82) is 0 Å². The first-order valence-corrected chi connectivity index (χ1v) is 5.41. The molecule has 0 saturated heterocycles. The van der Waals surface area contributed by atoms with Crippen LogP contribution in [0.15, 0.2) is 24.4 Å². The molecule has 0 saturated carbocycles. The number of rotatable bonds is 3. The Kier molecular flexibility index (Phi) is 3.14. The average molecular weight is 248 g/mol. The molecule has 0 aliphatic heterocycles. The van der Waals surface area contributed by atoms with Crippen LogP contribution in [0.1, 0.15) is 21.6 Å². The molecular weight excluding hydrogens is 235 g/mol. The monoisotopic (exact) mass is 248 g/mol. The van der Waals surface area contributed by atoms with Crippen molar-refractivity contribution in [3.63, 3.8) is 0 Å². The highest BCUT2D eigenvalue weighted by atomic mass is 19.1. The third kappa shape index (κ3) is 1.99. The van der Waals surface area contributed by atoms with Crippen LogP contribution < -0.4 is 4.74 Å². The van der Waals surface area contributed by atoms with Crippen molar-refractivity contribution in [3.05, 3.63) is 47.0 Å². The van der Waals surface area contributed by atoms with Crippen LogP contribution in [0.4, 0.5) is 4.39 Å². The summed E-state index contributed by atoms with van der Waals surface area (Å²) in [5, 5.41) is 3.97. The third-order valence-corrected chi connectivity index (χ3v) is 2.76. The molecule has 94 valence electrons. The molecule has 0 aliphatic carbocycles. The lowest BCUT2D eigenvalue weighted by Gasteiger charge is -2.05. The standard InChI is InChI=1S/C13H13FN2O2/c1-8-6-9(4-5-10(8)14)13(17)12-11(18-3)7-15-16(12)2/h4-7H,1-3H3. The van der Waals surface area contributed by atoms with E-state index in [1.807, 2.05) is 0 Å². The van der Waals surface area contributed by atoms with E-state index in [1.54, 1.807) is 14.0 Å². The van der Waals surface area contributed by atoms with Crippen molar-refractivity contribution < 1.29 is 13.9 Å². The molecule has 0 N–H and O–H groups in total. The fraction of sp³-hybridized carbons (Fsp3) is 0.231. The highest BCUT2D eigenvalue weighted by molar-refractivity contribution is 6.09. The molecule has 0 unspecified atom stereocenters. The predicted octanol–water partition coefficient (Wildman–Crippen LogP) is 2.11. The first-order chi connectivity index (χ1) is 8.54. The summed E-state index contributed by atoms with van der Waals surface area (Å²) in [7, 11) is 3.13. The van der Waals surface area contributed by atoms with Crippen LogP contribution in [0.25, 0.3) is 0 Å². The van der Waals surface area contributed by atoms with Gasteiger partial charge in [0.1, 0.15) is 5.82 Å². The molecule has 0 aliphatic rings. The Labute approximate surface area is 104 Å². The van der Waals surface area contributed by atoms with E-state index in [4.69, 9.17) is 4.74 Å². The fourth-order valence-corrected chi connectivity index (χ4v) is 1.75. The van der Waals surface area contributed by atoms with E-state index in [1.165, 1.54) is 36.2 Å². The van der Waals surface area contributed by atoms with Crippen molar-refractivity contribution in [1.82, 2.24) is 9.78 Å². The lowest BCUT2D eigenvalue weighted by Crippen LogP contribution is -2.10. The minimum Gasteiger partial charge on any atom is -0.493 e. The van der Waals surface area contributed by atoms with E-state index in [2.05, 4.69) is 5.10 Å². The average Bonchev–Trinajstić information content (AvgIpc) is 2.73. The van der Waals surface area contributed by atoms with Gasteiger partial charge in [-0.3, -0.25) is 9.48 Å². The van der Waals surface area contributed by atoms with Gasteiger partial charge in [-0.2, -0.15) is 5.10 Å². The van der Waals surface area contributed by atoms with Crippen molar-refractivity contribution in [2.45, 2.75) is 6.92 Å². The number of hydrogen-bond acceptors (Lipinski definition) is 3. The summed E-state index contributed by atoms with van der Waals surface area (Å²) in [4.78, 5) is 12.3. The Balaban J connectivity index is 2.47. The summed E-state index contributed by atoms with van der Waals surface area (Å²) >= 11 is 0. The van der Waals surface area contributed by atoms with Gasteiger partial charge in [0.2, 0.25) is 5.78 Å². The van der Waals surface area contributed by atoms with E-state index in [0.29, 0.717) is 22.6 Å². The van der Waals surface area contributed by atoms with Gasteiger partial charge in [-0.05, 0) is 30.7 Å². The number of ketones is 1. The van der Waals surface area contributed by atoms with Gasteiger partial charge >= 0.3 is 0 Å². The Morgan fingerprint density at radius 2 is 2.17 bits per heavy atom. The maximum atomic E-state index is 13.2. The largest absolute Gasteiger partial charge is 0.493 e. The predicted molar refractivity (Wildman–Crippen MR) is 64.3 cm³/mol. The third-order valence-electron chi connectivity index (χ3n) is 2.76. The Bertz CT molecular complexity index is 605. The zero-order valence-corrected chi connectivity index (χ0v) is 10.4. The first-order valence-electron chi connectivity index (χ1n) is 5.41. The Hall–Kier alpha value is -2.17. The van der Waals surface area contributed by atoms with Gasteiger partial charge in [0.15, 0.2) is 11.4 Å². The van der Waals surface area contributed by atoms with Crippen LogP contribution in [0.2, 0.25) is 0 Å². The highest BCUT2D eigenvalue weighted by Gasteiger charge is 2.19. The quantitative estimate of drug-likeness (QED) is 0.781. The van der Waals surface area contributed by atoms with Crippen molar-refractivity contribution in [2.75, 3.05) is 7.11 Å². The summed E-state index contributed by atoms with van der Waals surface area (Å²) in [6.07, 6.45) is 1.48. The molecule has 18 heavy (non-hydrogen) atoms. The molecule has 5 heteroatoms. The van der Waals surface area contributed by atoms with E-state index in [9.17, 15) is 9.18 Å². The smallest absolute Gasteiger partial charge is 0.214 e. The van der Waals surface area contributed by atoms with Crippen molar-refractivity contribution in [3.8, 4) is 5.75 Å². The number of nitrogens with zero attached hydrogens (tertiary/aromatic N) is 2. The molecule has 0 amide bonds. The molecule has 1 aromatic heterocycles. The summed E-state index contributed by atoms with van der Waals surface area (Å²) in [6, 6.07) is 4.26. The van der Waals surface area contributed by atoms with Gasteiger partial charge in [0, 0.05) is 12.6 Å². The molecular formula is C13H13FN2O2. The molecule has 0 atom stereocenters. The minimum atomic E-state index is -0.330. The Morgan fingerprint density at radius 1 is 1.44 bits per heavy atom. The zero-order chi connectivity index (χ0) is 13.3. The molecule has 0 bridgehead atoms. The van der Waals surface area contributed by atoms with E-state index >= 15 is 0 Å². The maximum Gasteiger partial charge on any atom is 0.214 e. The van der Waals surface area contributed by atoms with Gasteiger partial charge in [-0.1, -0.05) is 0 Å².